The van der Waals surface area contributed by atoms with E-state index in [9.17, 15) is 0 Å². The number of nitrogen functional groups attached to an aromatic ring is 1. The van der Waals surface area contributed by atoms with Crippen LogP contribution in [0.1, 0.15) is 48.8 Å². The third-order valence-electron chi connectivity index (χ3n) is 5.40. The zero-order chi connectivity index (χ0) is 21.6. The van der Waals surface area contributed by atoms with Gasteiger partial charge in [-0.1, -0.05) is 34.6 Å². The third kappa shape index (κ3) is 4.66. The lowest BCUT2D eigenvalue weighted by atomic mass is 9.91. The first-order valence-electron chi connectivity index (χ1n) is 10.6. The number of nitrogens with zero attached hydrogens (tertiary/aromatic N) is 4. The van der Waals surface area contributed by atoms with Crippen molar-refractivity contribution in [2.45, 2.75) is 39.0 Å². The van der Waals surface area contributed by atoms with E-state index in [0.29, 0.717) is 6.61 Å². The summed E-state index contributed by atoms with van der Waals surface area (Å²) in [6, 6.07) is 13.9. The molecule has 31 heavy (non-hydrogen) atoms. The van der Waals surface area contributed by atoms with Gasteiger partial charge in [-0.25, -0.2) is 4.98 Å². The highest BCUT2D eigenvalue weighted by molar-refractivity contribution is 6.06. The Balaban J connectivity index is 1.40. The molecule has 0 aliphatic heterocycles. The van der Waals surface area contributed by atoms with Gasteiger partial charge in [-0.3, -0.25) is 4.98 Å². The van der Waals surface area contributed by atoms with Crippen molar-refractivity contribution in [3.8, 4) is 0 Å². The molecule has 0 bridgehead atoms. The van der Waals surface area contributed by atoms with Crippen LogP contribution in [0.3, 0.4) is 0 Å². The van der Waals surface area contributed by atoms with E-state index in [1.807, 2.05) is 49.4 Å². The standard InChI is InChI=1S/C24H27N5O2/c1-16(28-30-2)20-13-5-8-17(26-20)9-7-15-31-29-22-14-6-11-19-23(25)18-10-3-4-12-21(18)27-24(19)22/h3-5,8,10,12-13H,6-7,9,11,14-15H2,1-2H3,(H2,25,27)/b28-16+,29-22+. The Bertz CT molecular complexity index is 1140. The van der Waals surface area contributed by atoms with Crippen molar-refractivity contribution >= 4 is 28.0 Å². The fourth-order valence-electron chi connectivity index (χ4n) is 3.85. The van der Waals surface area contributed by atoms with Gasteiger partial charge in [0.1, 0.15) is 25.1 Å². The Kier molecular flexibility index (Phi) is 6.40. The van der Waals surface area contributed by atoms with E-state index in [4.69, 9.17) is 20.4 Å². The van der Waals surface area contributed by atoms with Crippen LogP contribution in [0.25, 0.3) is 10.9 Å². The van der Waals surface area contributed by atoms with Crippen molar-refractivity contribution in [2.75, 3.05) is 19.5 Å². The Labute approximate surface area is 182 Å². The summed E-state index contributed by atoms with van der Waals surface area (Å²) < 4.78 is 0. The SMILES string of the molecule is CO/N=C(\C)c1cccc(CCCO/N=C2\CCCc3c2nc2ccccc2c3N)n1. The number of anilines is 1. The molecule has 7 heteroatoms. The molecular formula is C24H27N5O2. The molecule has 0 atom stereocenters. The van der Waals surface area contributed by atoms with E-state index in [1.54, 1.807) is 0 Å². The lowest BCUT2D eigenvalue weighted by Crippen LogP contribution is -2.17. The Hall–Kier alpha value is -3.48. The Morgan fingerprint density at radius 2 is 1.97 bits per heavy atom. The number of para-hydroxylation sites is 1. The predicted molar refractivity (Wildman–Crippen MR) is 123 cm³/mol. The van der Waals surface area contributed by atoms with Gasteiger partial charge in [0.05, 0.1) is 16.9 Å². The van der Waals surface area contributed by atoms with Crippen LogP contribution in [0.4, 0.5) is 5.69 Å². The Morgan fingerprint density at radius 3 is 2.84 bits per heavy atom. The minimum atomic E-state index is 0.513. The van der Waals surface area contributed by atoms with Crippen molar-refractivity contribution in [3.05, 3.63) is 65.1 Å². The highest BCUT2D eigenvalue weighted by Gasteiger charge is 2.22. The number of oxime groups is 2. The van der Waals surface area contributed by atoms with Crippen molar-refractivity contribution in [1.29, 1.82) is 0 Å². The lowest BCUT2D eigenvalue weighted by molar-refractivity contribution is 0.141. The molecule has 1 aliphatic carbocycles. The summed E-state index contributed by atoms with van der Waals surface area (Å²) in [5, 5.41) is 9.36. The highest BCUT2D eigenvalue weighted by atomic mass is 16.6. The van der Waals surface area contributed by atoms with Crippen LogP contribution in [0.15, 0.2) is 52.8 Å². The number of rotatable bonds is 7. The summed E-state index contributed by atoms with van der Waals surface area (Å²) in [5.41, 5.74) is 13.5. The van der Waals surface area contributed by atoms with E-state index in [0.717, 1.165) is 82.8 Å². The van der Waals surface area contributed by atoms with Crippen LogP contribution in [0.5, 0.6) is 0 Å². The van der Waals surface area contributed by atoms with Gasteiger partial charge < -0.3 is 15.4 Å². The summed E-state index contributed by atoms with van der Waals surface area (Å²) in [6.07, 6.45) is 4.38. The largest absolute Gasteiger partial charge is 0.399 e. The topological polar surface area (TPSA) is 95.0 Å². The molecular weight excluding hydrogens is 390 g/mol. The van der Waals surface area contributed by atoms with Gasteiger partial charge >= 0.3 is 0 Å². The van der Waals surface area contributed by atoms with Gasteiger partial charge in [-0.15, -0.1) is 0 Å². The monoisotopic (exact) mass is 417 g/mol. The predicted octanol–water partition coefficient (Wildman–Crippen LogP) is 4.27. The number of hydrogen-bond acceptors (Lipinski definition) is 7. The van der Waals surface area contributed by atoms with E-state index in [1.165, 1.54) is 7.11 Å². The van der Waals surface area contributed by atoms with Crippen molar-refractivity contribution in [3.63, 3.8) is 0 Å². The van der Waals surface area contributed by atoms with Gasteiger partial charge in [0.15, 0.2) is 0 Å². The zero-order valence-electron chi connectivity index (χ0n) is 18.0. The molecule has 0 amide bonds. The van der Waals surface area contributed by atoms with Crippen molar-refractivity contribution in [2.24, 2.45) is 10.3 Å². The molecule has 1 aromatic carbocycles. The van der Waals surface area contributed by atoms with Gasteiger partial charge in [0, 0.05) is 22.3 Å². The second kappa shape index (κ2) is 9.55. The molecule has 0 saturated heterocycles. The van der Waals surface area contributed by atoms with Gasteiger partial charge in [0.25, 0.3) is 0 Å². The van der Waals surface area contributed by atoms with E-state index < -0.39 is 0 Å². The highest BCUT2D eigenvalue weighted by Crippen LogP contribution is 2.31. The molecule has 0 unspecified atom stereocenters. The number of fused-ring (bicyclic) bond motifs is 2. The molecule has 1 aliphatic rings. The molecule has 0 spiro atoms. The number of benzene rings is 1. The number of nitrogens with two attached hydrogens (primary N) is 1. The fourth-order valence-corrected chi connectivity index (χ4v) is 3.85. The fraction of sp³-hybridized carbons (Fsp3) is 0.333. The van der Waals surface area contributed by atoms with Crippen LogP contribution < -0.4 is 5.73 Å². The second-order valence-electron chi connectivity index (χ2n) is 7.57. The quantitative estimate of drug-likeness (QED) is 0.352. The van der Waals surface area contributed by atoms with Crippen LogP contribution in [0.2, 0.25) is 0 Å². The summed E-state index contributed by atoms with van der Waals surface area (Å²) in [5.74, 6) is 0. The molecule has 3 aromatic rings. The molecule has 2 aromatic heterocycles. The van der Waals surface area contributed by atoms with Gasteiger partial charge in [-0.2, -0.15) is 0 Å². The summed E-state index contributed by atoms with van der Waals surface area (Å²) in [7, 11) is 1.53. The van der Waals surface area contributed by atoms with Crippen LogP contribution in [0, 0.1) is 0 Å². The molecule has 160 valence electrons. The Morgan fingerprint density at radius 1 is 1.10 bits per heavy atom. The van der Waals surface area contributed by atoms with Crippen molar-refractivity contribution < 1.29 is 9.68 Å². The first kappa shape index (κ1) is 20.8. The number of aryl methyl sites for hydroxylation is 1. The van der Waals surface area contributed by atoms with Crippen LogP contribution >= 0.6 is 0 Å². The number of pyridine rings is 2. The van der Waals surface area contributed by atoms with E-state index in [-0.39, 0.29) is 0 Å². The molecule has 2 heterocycles. The lowest BCUT2D eigenvalue weighted by Gasteiger charge is -2.19. The maximum absolute atomic E-state index is 6.44. The van der Waals surface area contributed by atoms with E-state index >= 15 is 0 Å². The molecule has 4 rings (SSSR count). The van der Waals surface area contributed by atoms with E-state index in [2.05, 4.69) is 15.3 Å². The molecule has 2 N–H and O–H groups in total. The molecule has 0 saturated carbocycles. The maximum Gasteiger partial charge on any atom is 0.117 e. The molecule has 0 fully saturated rings. The third-order valence-corrected chi connectivity index (χ3v) is 5.40. The minimum Gasteiger partial charge on any atom is -0.399 e. The molecule has 7 nitrogen and oxygen atoms in total. The maximum atomic E-state index is 6.44. The van der Waals surface area contributed by atoms with Crippen LogP contribution in [-0.4, -0.2) is 35.1 Å². The molecule has 0 radical (unpaired) electrons. The second-order valence-corrected chi connectivity index (χ2v) is 7.57. The van der Waals surface area contributed by atoms with Gasteiger partial charge in [-0.05, 0) is 57.2 Å². The average molecular weight is 418 g/mol. The normalized spacial score (nSPS) is 15.2. The first-order valence-corrected chi connectivity index (χ1v) is 10.6. The first-order chi connectivity index (χ1) is 15.2. The summed E-state index contributed by atoms with van der Waals surface area (Å²) in [6.45, 7) is 2.39. The number of aromatic nitrogens is 2. The van der Waals surface area contributed by atoms with Crippen LogP contribution in [-0.2, 0) is 22.5 Å². The zero-order valence-corrected chi connectivity index (χ0v) is 18.0. The average Bonchev–Trinajstić information content (AvgIpc) is 2.80. The smallest absolute Gasteiger partial charge is 0.117 e. The number of hydrogen-bond donors (Lipinski definition) is 1. The van der Waals surface area contributed by atoms with Gasteiger partial charge in [0.2, 0.25) is 0 Å². The van der Waals surface area contributed by atoms with Crippen molar-refractivity contribution in [1.82, 2.24) is 9.97 Å². The summed E-state index contributed by atoms with van der Waals surface area (Å²) >= 11 is 0. The summed E-state index contributed by atoms with van der Waals surface area (Å²) in [4.78, 5) is 19.9. The minimum absolute atomic E-state index is 0.513.